The van der Waals surface area contributed by atoms with Crippen LogP contribution in [-0.2, 0) is 10.2 Å². The van der Waals surface area contributed by atoms with Gasteiger partial charge in [-0.2, -0.15) is 0 Å². The number of hydrogen-bond donors (Lipinski definition) is 2. The van der Waals surface area contributed by atoms with Crippen LogP contribution >= 0.6 is 11.9 Å². The summed E-state index contributed by atoms with van der Waals surface area (Å²) in [6.07, 6.45) is 2.67. The summed E-state index contributed by atoms with van der Waals surface area (Å²) < 4.78 is 8.06. The summed E-state index contributed by atoms with van der Waals surface area (Å²) in [6.45, 7) is 8.58. The van der Waals surface area contributed by atoms with E-state index in [4.69, 9.17) is 15.9 Å². The Hall–Kier alpha value is -1.99. The molecule has 0 aliphatic carbocycles. The van der Waals surface area contributed by atoms with Gasteiger partial charge in [0.2, 0.25) is 0 Å². The van der Waals surface area contributed by atoms with E-state index < -0.39 is 0 Å². The lowest BCUT2D eigenvalue weighted by atomic mass is 9.86. The number of ether oxygens (including phenoxy) is 1. The van der Waals surface area contributed by atoms with E-state index in [-0.39, 0.29) is 17.0 Å². The number of nitrogens with zero attached hydrogens (tertiary/aromatic N) is 2. The molecule has 7 heteroatoms. The number of carbonyl (C=O) groups excluding carboxylic acids is 1. The van der Waals surface area contributed by atoms with Gasteiger partial charge < -0.3 is 15.4 Å². The van der Waals surface area contributed by atoms with Crippen LogP contribution in [0.1, 0.15) is 32.8 Å². The smallest absolute Gasteiger partial charge is 0.271 e. The van der Waals surface area contributed by atoms with Crippen LogP contribution in [0.4, 0.5) is 0 Å². The second-order valence-corrected chi connectivity index (χ2v) is 8.88. The van der Waals surface area contributed by atoms with Gasteiger partial charge in [-0.3, -0.25) is 10.2 Å². The standard InChI is InChI=1S/C21H32N4O2S/c1-21(2,3)16-8-6-7-9-18(16)27-13-12-24(4)20(26)19(23)15-14-25(28-5)11-10-17(15)22/h6-9,23H,10-14,22H2,1-5H3. The molecule has 0 saturated heterocycles. The molecule has 2 rings (SSSR count). The zero-order valence-corrected chi connectivity index (χ0v) is 18.4. The van der Waals surface area contributed by atoms with Crippen molar-refractivity contribution in [2.45, 2.75) is 32.6 Å². The highest BCUT2D eigenvalue weighted by Gasteiger charge is 2.26. The van der Waals surface area contributed by atoms with Crippen LogP contribution in [0.15, 0.2) is 35.5 Å². The van der Waals surface area contributed by atoms with Gasteiger partial charge >= 0.3 is 0 Å². The van der Waals surface area contributed by atoms with E-state index >= 15 is 0 Å². The highest BCUT2D eigenvalue weighted by molar-refractivity contribution is 7.96. The summed E-state index contributed by atoms with van der Waals surface area (Å²) in [5.41, 5.74) is 8.45. The SMILES string of the molecule is CSN1CCC(N)=C(C(=N)C(=O)N(C)CCOc2ccccc2C(C)(C)C)C1. The Balaban J connectivity index is 1.96. The van der Waals surface area contributed by atoms with Gasteiger partial charge in [-0.1, -0.05) is 50.9 Å². The predicted molar refractivity (Wildman–Crippen MR) is 117 cm³/mol. The van der Waals surface area contributed by atoms with Crippen LogP contribution in [0.25, 0.3) is 0 Å². The third-order valence-corrected chi connectivity index (χ3v) is 5.68. The van der Waals surface area contributed by atoms with Crippen molar-refractivity contribution < 1.29 is 9.53 Å². The van der Waals surface area contributed by atoms with E-state index in [2.05, 4.69) is 31.1 Å². The van der Waals surface area contributed by atoms with Gasteiger partial charge in [0.05, 0.1) is 6.54 Å². The summed E-state index contributed by atoms with van der Waals surface area (Å²) in [7, 11) is 1.70. The minimum atomic E-state index is -0.325. The van der Waals surface area contributed by atoms with Crippen molar-refractivity contribution >= 4 is 23.6 Å². The number of rotatable bonds is 7. The maximum absolute atomic E-state index is 12.7. The Kier molecular flexibility index (Phi) is 7.55. The average molecular weight is 405 g/mol. The van der Waals surface area contributed by atoms with E-state index in [0.717, 1.165) is 17.9 Å². The number of hydrogen-bond acceptors (Lipinski definition) is 6. The highest BCUT2D eigenvalue weighted by Crippen LogP contribution is 2.30. The van der Waals surface area contributed by atoms with E-state index in [1.807, 2.05) is 24.5 Å². The predicted octanol–water partition coefficient (Wildman–Crippen LogP) is 3.04. The molecule has 1 aromatic rings. The molecule has 0 spiro atoms. The number of likely N-dealkylation sites (N-methyl/N-ethyl adjacent to an activating group) is 1. The summed E-state index contributed by atoms with van der Waals surface area (Å²) in [4.78, 5) is 14.2. The summed E-state index contributed by atoms with van der Waals surface area (Å²) in [5.74, 6) is 0.509. The zero-order chi connectivity index (χ0) is 20.9. The van der Waals surface area contributed by atoms with Gasteiger partial charge in [0.25, 0.3) is 5.91 Å². The van der Waals surface area contributed by atoms with Crippen LogP contribution < -0.4 is 10.5 Å². The second-order valence-electron chi connectivity index (χ2n) is 8.00. The molecule has 1 aromatic carbocycles. The maximum atomic E-state index is 12.7. The Morgan fingerprint density at radius 3 is 2.68 bits per heavy atom. The Morgan fingerprint density at radius 1 is 1.36 bits per heavy atom. The fourth-order valence-electron chi connectivity index (χ4n) is 3.07. The fourth-order valence-corrected chi connectivity index (χ4v) is 3.61. The highest BCUT2D eigenvalue weighted by atomic mass is 32.2. The molecular weight excluding hydrogens is 372 g/mol. The van der Waals surface area contributed by atoms with Crippen LogP contribution in [0.3, 0.4) is 0 Å². The molecule has 0 fully saturated rings. The van der Waals surface area contributed by atoms with Crippen molar-refractivity contribution in [3.05, 3.63) is 41.1 Å². The maximum Gasteiger partial charge on any atom is 0.271 e. The topological polar surface area (TPSA) is 82.7 Å². The molecular formula is C21H32N4O2S. The molecule has 0 unspecified atom stereocenters. The number of para-hydroxylation sites is 1. The van der Waals surface area contributed by atoms with E-state index in [1.165, 1.54) is 4.90 Å². The molecule has 3 N–H and O–H groups in total. The van der Waals surface area contributed by atoms with Crippen LogP contribution in [0.5, 0.6) is 5.75 Å². The van der Waals surface area contributed by atoms with Crippen molar-refractivity contribution in [3.63, 3.8) is 0 Å². The summed E-state index contributed by atoms with van der Waals surface area (Å²) >= 11 is 1.61. The van der Waals surface area contributed by atoms with Crippen molar-refractivity contribution in [2.24, 2.45) is 5.73 Å². The number of benzene rings is 1. The molecule has 1 amide bonds. The van der Waals surface area contributed by atoms with E-state index in [0.29, 0.717) is 37.4 Å². The molecule has 1 aliphatic rings. The first-order valence-corrected chi connectivity index (χ1v) is 10.7. The number of amides is 1. The third-order valence-electron chi connectivity index (χ3n) is 4.85. The molecule has 154 valence electrons. The van der Waals surface area contributed by atoms with E-state index in [9.17, 15) is 4.79 Å². The molecule has 1 aliphatic heterocycles. The zero-order valence-electron chi connectivity index (χ0n) is 17.5. The first-order valence-electron chi connectivity index (χ1n) is 9.48. The van der Waals surface area contributed by atoms with E-state index in [1.54, 1.807) is 19.0 Å². The minimum absolute atomic E-state index is 0.0193. The Labute approximate surface area is 172 Å². The largest absolute Gasteiger partial charge is 0.491 e. The first kappa shape index (κ1) is 22.3. The lowest BCUT2D eigenvalue weighted by Gasteiger charge is -2.28. The van der Waals surface area contributed by atoms with Gasteiger partial charge in [-0.25, -0.2) is 4.31 Å². The number of nitrogens with two attached hydrogens (primary N) is 1. The minimum Gasteiger partial charge on any atom is -0.491 e. The fraction of sp³-hybridized carbons (Fsp3) is 0.524. The van der Waals surface area contributed by atoms with Crippen molar-refractivity contribution in [2.75, 3.05) is 39.5 Å². The Bertz CT molecular complexity index is 755. The average Bonchev–Trinajstić information content (AvgIpc) is 2.66. The van der Waals surface area contributed by atoms with Gasteiger partial charge in [-0.15, -0.1) is 0 Å². The third kappa shape index (κ3) is 5.52. The summed E-state index contributed by atoms with van der Waals surface area (Å²) in [5, 5.41) is 8.32. The van der Waals surface area contributed by atoms with Crippen LogP contribution in [0, 0.1) is 5.41 Å². The molecule has 0 radical (unpaired) electrons. The van der Waals surface area contributed by atoms with Crippen LogP contribution in [0.2, 0.25) is 0 Å². The normalized spacial score (nSPS) is 15.5. The van der Waals surface area contributed by atoms with Crippen molar-refractivity contribution in [1.82, 2.24) is 9.21 Å². The lowest BCUT2D eigenvalue weighted by Crippen LogP contribution is -2.40. The monoisotopic (exact) mass is 404 g/mol. The molecule has 0 atom stereocenters. The number of nitrogens with one attached hydrogen (secondary N) is 1. The second kappa shape index (κ2) is 9.47. The molecule has 6 nitrogen and oxygen atoms in total. The molecule has 0 aromatic heterocycles. The number of carbonyl (C=O) groups is 1. The quantitative estimate of drug-likeness (QED) is 0.539. The molecule has 0 bridgehead atoms. The van der Waals surface area contributed by atoms with Gasteiger partial charge in [0.15, 0.2) is 0 Å². The molecule has 1 heterocycles. The van der Waals surface area contributed by atoms with Crippen molar-refractivity contribution in [3.8, 4) is 5.75 Å². The van der Waals surface area contributed by atoms with Gasteiger partial charge in [0, 0.05) is 37.8 Å². The van der Waals surface area contributed by atoms with Crippen molar-refractivity contribution in [1.29, 1.82) is 5.41 Å². The van der Waals surface area contributed by atoms with Gasteiger partial charge in [0.1, 0.15) is 18.1 Å². The Morgan fingerprint density at radius 2 is 2.04 bits per heavy atom. The lowest BCUT2D eigenvalue weighted by molar-refractivity contribution is -0.123. The summed E-state index contributed by atoms with van der Waals surface area (Å²) in [6, 6.07) is 7.97. The first-order chi connectivity index (χ1) is 13.1. The molecule has 0 saturated carbocycles. The molecule has 28 heavy (non-hydrogen) atoms. The van der Waals surface area contributed by atoms with Crippen LogP contribution in [-0.4, -0.2) is 60.4 Å². The van der Waals surface area contributed by atoms with Gasteiger partial charge in [-0.05, 0) is 23.3 Å².